The van der Waals surface area contributed by atoms with E-state index in [1.165, 1.54) is 16.7 Å². The summed E-state index contributed by atoms with van der Waals surface area (Å²) in [5.74, 6) is 0. The maximum atomic E-state index is 6.18. The highest BCUT2D eigenvalue weighted by Crippen LogP contribution is 2.38. The Morgan fingerprint density at radius 2 is 1.73 bits per heavy atom. The Balaban J connectivity index is 2.33. The molecule has 0 amide bonds. The summed E-state index contributed by atoms with van der Waals surface area (Å²) in [4.78, 5) is 0. The van der Waals surface area contributed by atoms with E-state index in [1.54, 1.807) is 0 Å². The van der Waals surface area contributed by atoms with Crippen molar-refractivity contribution < 1.29 is 9.31 Å². The van der Waals surface area contributed by atoms with Crippen LogP contribution in [0.4, 0.5) is 0 Å². The smallest absolute Gasteiger partial charge is 0.400 e. The molecule has 0 unspecified atom stereocenters. The first-order valence-corrected chi connectivity index (χ1v) is 7.94. The van der Waals surface area contributed by atoms with Crippen LogP contribution < -0.4 is 5.32 Å². The molecule has 1 saturated heterocycles. The van der Waals surface area contributed by atoms with E-state index in [4.69, 9.17) is 9.31 Å². The van der Waals surface area contributed by atoms with Gasteiger partial charge in [-0.2, -0.15) is 0 Å². The van der Waals surface area contributed by atoms with E-state index in [1.807, 2.05) is 7.05 Å². The van der Waals surface area contributed by atoms with Gasteiger partial charge in [-0.15, -0.1) is 0 Å². The van der Waals surface area contributed by atoms with Gasteiger partial charge in [-0.1, -0.05) is 29.8 Å². The summed E-state index contributed by atoms with van der Waals surface area (Å²) < 4.78 is 12.4. The Kier molecular flexibility index (Phi) is 4.86. The fraction of sp³-hybridized carbons (Fsp3) is 0.556. The molecule has 0 spiro atoms. The van der Waals surface area contributed by atoms with Crippen LogP contribution in [0.2, 0.25) is 0 Å². The molecule has 1 aromatic carbocycles. The van der Waals surface area contributed by atoms with Crippen molar-refractivity contribution in [2.75, 3.05) is 13.6 Å². The summed E-state index contributed by atoms with van der Waals surface area (Å²) in [6, 6.07) is 6.50. The van der Waals surface area contributed by atoms with E-state index in [9.17, 15) is 0 Å². The normalized spacial score (nSPS) is 20.5. The first-order valence-electron chi connectivity index (χ1n) is 7.94. The lowest BCUT2D eigenvalue weighted by molar-refractivity contribution is 0.00578. The fourth-order valence-corrected chi connectivity index (χ4v) is 2.59. The standard InChI is InChI=1S/C18H28BNO2/c1-13-8-9-15(14(2)10-13)11-16(12-20-7)19-21-17(3,4)18(5,6)22-19/h8-11,20H,12H2,1-7H3. The van der Waals surface area contributed by atoms with Gasteiger partial charge in [0.1, 0.15) is 0 Å². The SMILES string of the molecule is CNCC(=Cc1ccc(C)cc1C)B1OC(C)(C)C(C)(C)O1. The van der Waals surface area contributed by atoms with Crippen molar-refractivity contribution in [3.8, 4) is 0 Å². The Morgan fingerprint density at radius 1 is 1.14 bits per heavy atom. The lowest BCUT2D eigenvalue weighted by Crippen LogP contribution is -2.41. The van der Waals surface area contributed by atoms with Gasteiger partial charge in [-0.3, -0.25) is 0 Å². The van der Waals surface area contributed by atoms with Gasteiger partial charge in [0, 0.05) is 6.54 Å². The summed E-state index contributed by atoms with van der Waals surface area (Å²) in [5, 5.41) is 3.22. The topological polar surface area (TPSA) is 30.5 Å². The molecule has 2 rings (SSSR count). The molecule has 0 atom stereocenters. The molecule has 1 aliphatic heterocycles. The Morgan fingerprint density at radius 3 is 2.23 bits per heavy atom. The Hall–Kier alpha value is -1.10. The zero-order valence-electron chi connectivity index (χ0n) is 14.9. The minimum atomic E-state index is -0.313. The molecule has 1 aromatic rings. The van der Waals surface area contributed by atoms with Crippen molar-refractivity contribution in [1.29, 1.82) is 0 Å². The fourth-order valence-electron chi connectivity index (χ4n) is 2.59. The van der Waals surface area contributed by atoms with Gasteiger partial charge in [0.25, 0.3) is 0 Å². The second-order valence-electron chi connectivity index (χ2n) is 7.20. The molecule has 1 aliphatic rings. The minimum absolute atomic E-state index is 0.307. The first kappa shape index (κ1) is 17.3. The lowest BCUT2D eigenvalue weighted by Gasteiger charge is -2.32. The summed E-state index contributed by atoms with van der Waals surface area (Å²) in [6.07, 6.45) is 2.19. The van der Waals surface area contributed by atoms with Crippen LogP contribution in [0.15, 0.2) is 23.7 Å². The predicted molar refractivity (Wildman–Crippen MR) is 93.9 cm³/mol. The van der Waals surface area contributed by atoms with Crippen LogP contribution >= 0.6 is 0 Å². The molecule has 0 aromatic heterocycles. The van der Waals surface area contributed by atoms with Gasteiger partial charge in [0.15, 0.2) is 0 Å². The number of hydrogen-bond donors (Lipinski definition) is 1. The van der Waals surface area contributed by atoms with Crippen LogP contribution in [0.5, 0.6) is 0 Å². The van der Waals surface area contributed by atoms with Crippen molar-refractivity contribution in [1.82, 2.24) is 5.32 Å². The molecule has 4 heteroatoms. The van der Waals surface area contributed by atoms with E-state index in [0.29, 0.717) is 0 Å². The Bertz CT molecular complexity index is 562. The maximum Gasteiger partial charge on any atom is 0.491 e. The first-order chi connectivity index (χ1) is 10.2. The molecule has 120 valence electrons. The second-order valence-corrected chi connectivity index (χ2v) is 7.20. The van der Waals surface area contributed by atoms with Crippen molar-refractivity contribution in [2.24, 2.45) is 0 Å². The monoisotopic (exact) mass is 301 g/mol. The lowest BCUT2D eigenvalue weighted by atomic mass is 9.76. The second kappa shape index (κ2) is 6.19. The third kappa shape index (κ3) is 3.45. The van der Waals surface area contributed by atoms with E-state index in [0.717, 1.165) is 12.0 Å². The molecule has 1 N–H and O–H groups in total. The van der Waals surface area contributed by atoms with E-state index in [-0.39, 0.29) is 18.3 Å². The Labute approximate surface area is 135 Å². The maximum absolute atomic E-state index is 6.18. The van der Waals surface area contributed by atoms with Gasteiger partial charge in [-0.25, -0.2) is 0 Å². The number of rotatable bonds is 4. The van der Waals surface area contributed by atoms with Crippen LogP contribution in [0, 0.1) is 13.8 Å². The van der Waals surface area contributed by atoms with E-state index < -0.39 is 0 Å². The van der Waals surface area contributed by atoms with Gasteiger partial charge >= 0.3 is 7.12 Å². The molecular weight excluding hydrogens is 273 g/mol. The van der Waals surface area contributed by atoms with Crippen molar-refractivity contribution in [3.63, 3.8) is 0 Å². The number of hydrogen-bond acceptors (Lipinski definition) is 3. The highest BCUT2D eigenvalue weighted by atomic mass is 16.7. The molecular formula is C18H28BNO2. The molecule has 1 fully saturated rings. The predicted octanol–water partition coefficient (Wildman–Crippen LogP) is 3.54. The summed E-state index contributed by atoms with van der Waals surface area (Å²) in [5.41, 5.74) is 4.25. The minimum Gasteiger partial charge on any atom is -0.400 e. The molecule has 1 heterocycles. The van der Waals surface area contributed by atoms with E-state index in [2.05, 4.69) is 71.1 Å². The van der Waals surface area contributed by atoms with Crippen LogP contribution in [0.3, 0.4) is 0 Å². The van der Waals surface area contributed by atoms with Gasteiger partial charge in [0.2, 0.25) is 0 Å². The largest absolute Gasteiger partial charge is 0.491 e. The summed E-state index contributed by atoms with van der Waals surface area (Å²) in [6.45, 7) is 13.3. The van der Waals surface area contributed by atoms with Crippen molar-refractivity contribution >= 4 is 13.2 Å². The van der Waals surface area contributed by atoms with Gasteiger partial charge < -0.3 is 14.6 Å². The highest BCUT2D eigenvalue weighted by molar-refractivity contribution is 6.55. The zero-order valence-corrected chi connectivity index (χ0v) is 14.9. The van der Waals surface area contributed by atoms with Crippen LogP contribution in [-0.2, 0) is 9.31 Å². The third-order valence-electron chi connectivity index (χ3n) is 4.70. The number of aryl methyl sites for hydroxylation is 2. The number of benzene rings is 1. The molecule has 0 saturated carbocycles. The quantitative estimate of drug-likeness (QED) is 0.863. The number of likely N-dealkylation sites (N-methyl/N-ethyl adjacent to an activating group) is 1. The molecule has 0 radical (unpaired) electrons. The average molecular weight is 301 g/mol. The zero-order chi connectivity index (χ0) is 16.5. The van der Waals surface area contributed by atoms with Gasteiger partial charge in [0.05, 0.1) is 11.2 Å². The van der Waals surface area contributed by atoms with Crippen LogP contribution in [0.1, 0.15) is 44.4 Å². The summed E-state index contributed by atoms with van der Waals surface area (Å²) >= 11 is 0. The molecule has 22 heavy (non-hydrogen) atoms. The molecule has 3 nitrogen and oxygen atoms in total. The highest BCUT2D eigenvalue weighted by Gasteiger charge is 2.52. The van der Waals surface area contributed by atoms with Crippen LogP contribution in [-0.4, -0.2) is 31.9 Å². The van der Waals surface area contributed by atoms with E-state index >= 15 is 0 Å². The van der Waals surface area contributed by atoms with Crippen molar-refractivity contribution in [3.05, 3.63) is 40.4 Å². The van der Waals surface area contributed by atoms with Crippen LogP contribution in [0.25, 0.3) is 6.08 Å². The third-order valence-corrected chi connectivity index (χ3v) is 4.70. The molecule has 0 bridgehead atoms. The van der Waals surface area contributed by atoms with Crippen molar-refractivity contribution in [2.45, 2.75) is 52.7 Å². The molecule has 0 aliphatic carbocycles. The number of nitrogens with one attached hydrogen (secondary N) is 1. The summed E-state index contributed by atoms with van der Waals surface area (Å²) in [7, 11) is 1.64. The average Bonchev–Trinajstić information content (AvgIpc) is 2.61. The van der Waals surface area contributed by atoms with Gasteiger partial charge in [-0.05, 0) is 65.2 Å².